The van der Waals surface area contributed by atoms with Crippen LogP contribution >= 0.6 is 0 Å². The van der Waals surface area contributed by atoms with Gasteiger partial charge in [-0.15, -0.1) is 0 Å². The van der Waals surface area contributed by atoms with Crippen LogP contribution in [-0.2, 0) is 16.3 Å². The maximum absolute atomic E-state index is 11.5. The zero-order chi connectivity index (χ0) is 14.6. The van der Waals surface area contributed by atoms with Crippen molar-refractivity contribution in [2.24, 2.45) is 0 Å². The van der Waals surface area contributed by atoms with Crippen molar-refractivity contribution in [3.05, 3.63) is 54.1 Å². The number of hydrogen-bond acceptors (Lipinski definition) is 3. The van der Waals surface area contributed by atoms with Crippen LogP contribution in [0.15, 0.2) is 53.4 Å². The number of ether oxygens (including phenoxy) is 1. The van der Waals surface area contributed by atoms with E-state index in [1.54, 1.807) is 24.3 Å². The SMILES string of the molecule is CCCc1cccc(Oc2cccc(S(C)(=O)=O)c2)c1. The van der Waals surface area contributed by atoms with Crippen molar-refractivity contribution in [1.82, 2.24) is 0 Å². The molecule has 0 bridgehead atoms. The Labute approximate surface area is 120 Å². The molecule has 0 aliphatic heterocycles. The Kier molecular flexibility index (Phi) is 4.45. The highest BCUT2D eigenvalue weighted by molar-refractivity contribution is 7.90. The zero-order valence-corrected chi connectivity index (χ0v) is 12.5. The van der Waals surface area contributed by atoms with Crippen molar-refractivity contribution in [1.29, 1.82) is 0 Å². The van der Waals surface area contributed by atoms with Crippen LogP contribution in [0.3, 0.4) is 0 Å². The molecule has 0 amide bonds. The van der Waals surface area contributed by atoms with Gasteiger partial charge >= 0.3 is 0 Å². The summed E-state index contributed by atoms with van der Waals surface area (Å²) < 4.78 is 28.8. The first-order valence-electron chi connectivity index (χ1n) is 6.56. The van der Waals surface area contributed by atoms with Gasteiger partial charge in [-0.05, 0) is 42.3 Å². The topological polar surface area (TPSA) is 43.4 Å². The summed E-state index contributed by atoms with van der Waals surface area (Å²) in [5, 5.41) is 0. The van der Waals surface area contributed by atoms with Crippen LogP contribution in [0.25, 0.3) is 0 Å². The fourth-order valence-corrected chi connectivity index (χ4v) is 2.61. The average molecular weight is 290 g/mol. The number of aryl methyl sites for hydroxylation is 1. The largest absolute Gasteiger partial charge is 0.457 e. The minimum atomic E-state index is -3.21. The molecule has 0 aromatic heterocycles. The summed E-state index contributed by atoms with van der Waals surface area (Å²) >= 11 is 0. The van der Waals surface area contributed by atoms with Gasteiger partial charge in [-0.2, -0.15) is 0 Å². The summed E-state index contributed by atoms with van der Waals surface area (Å²) in [5.74, 6) is 1.25. The highest BCUT2D eigenvalue weighted by Crippen LogP contribution is 2.25. The summed E-state index contributed by atoms with van der Waals surface area (Å²) in [6, 6.07) is 14.4. The molecule has 0 fully saturated rings. The van der Waals surface area contributed by atoms with E-state index in [-0.39, 0.29) is 4.90 Å². The molecular weight excluding hydrogens is 272 g/mol. The molecular formula is C16H18O3S. The van der Waals surface area contributed by atoms with E-state index in [2.05, 4.69) is 13.0 Å². The molecule has 106 valence electrons. The molecule has 0 atom stereocenters. The van der Waals surface area contributed by atoms with Gasteiger partial charge in [-0.25, -0.2) is 8.42 Å². The zero-order valence-electron chi connectivity index (χ0n) is 11.7. The normalized spacial score (nSPS) is 11.3. The highest BCUT2D eigenvalue weighted by Gasteiger charge is 2.08. The second-order valence-electron chi connectivity index (χ2n) is 4.75. The molecule has 2 aromatic rings. The first-order chi connectivity index (χ1) is 9.49. The summed E-state index contributed by atoms with van der Waals surface area (Å²) in [5.41, 5.74) is 1.21. The predicted molar refractivity (Wildman–Crippen MR) is 80.1 cm³/mol. The van der Waals surface area contributed by atoms with Gasteiger partial charge in [0.1, 0.15) is 11.5 Å². The fraction of sp³-hybridized carbons (Fsp3) is 0.250. The van der Waals surface area contributed by atoms with Crippen LogP contribution in [-0.4, -0.2) is 14.7 Å². The van der Waals surface area contributed by atoms with Crippen LogP contribution in [0.4, 0.5) is 0 Å². The number of rotatable bonds is 5. The molecule has 0 saturated carbocycles. The van der Waals surface area contributed by atoms with Crippen molar-refractivity contribution in [2.45, 2.75) is 24.7 Å². The van der Waals surface area contributed by atoms with Gasteiger partial charge in [0.2, 0.25) is 0 Å². The smallest absolute Gasteiger partial charge is 0.175 e. The lowest BCUT2D eigenvalue weighted by Crippen LogP contribution is -1.97. The van der Waals surface area contributed by atoms with Gasteiger partial charge in [0.15, 0.2) is 9.84 Å². The lowest BCUT2D eigenvalue weighted by molar-refractivity contribution is 0.480. The molecule has 0 N–H and O–H groups in total. The Balaban J connectivity index is 2.24. The maximum atomic E-state index is 11.5. The number of sulfone groups is 1. The quantitative estimate of drug-likeness (QED) is 0.840. The second-order valence-corrected chi connectivity index (χ2v) is 6.76. The van der Waals surface area contributed by atoms with Crippen LogP contribution in [0.1, 0.15) is 18.9 Å². The lowest BCUT2D eigenvalue weighted by Gasteiger charge is -2.08. The molecule has 0 spiro atoms. The Morgan fingerprint density at radius 2 is 1.65 bits per heavy atom. The predicted octanol–water partition coefficient (Wildman–Crippen LogP) is 3.83. The Morgan fingerprint density at radius 3 is 2.30 bits per heavy atom. The second kappa shape index (κ2) is 6.09. The molecule has 4 heteroatoms. The van der Waals surface area contributed by atoms with Crippen molar-refractivity contribution in [3.63, 3.8) is 0 Å². The Morgan fingerprint density at radius 1 is 1.00 bits per heavy atom. The molecule has 20 heavy (non-hydrogen) atoms. The fourth-order valence-electron chi connectivity index (χ4n) is 1.96. The minimum absolute atomic E-state index is 0.264. The number of hydrogen-bond donors (Lipinski definition) is 0. The molecule has 3 nitrogen and oxygen atoms in total. The molecule has 0 aliphatic rings. The molecule has 0 saturated heterocycles. The molecule has 0 unspecified atom stereocenters. The summed E-state index contributed by atoms with van der Waals surface area (Å²) in [6.45, 7) is 2.13. The van der Waals surface area contributed by atoms with Crippen LogP contribution in [0.2, 0.25) is 0 Å². The lowest BCUT2D eigenvalue weighted by atomic mass is 10.1. The van der Waals surface area contributed by atoms with E-state index in [4.69, 9.17) is 4.74 Å². The Hall–Kier alpha value is -1.81. The molecule has 2 aromatic carbocycles. The first-order valence-corrected chi connectivity index (χ1v) is 8.45. The van der Waals surface area contributed by atoms with Crippen molar-refractivity contribution in [2.75, 3.05) is 6.26 Å². The minimum Gasteiger partial charge on any atom is -0.457 e. The van der Waals surface area contributed by atoms with E-state index in [1.807, 2.05) is 18.2 Å². The van der Waals surface area contributed by atoms with Gasteiger partial charge in [-0.3, -0.25) is 0 Å². The van der Waals surface area contributed by atoms with Gasteiger partial charge in [0.25, 0.3) is 0 Å². The summed E-state index contributed by atoms with van der Waals surface area (Å²) in [6.07, 6.45) is 3.27. The summed E-state index contributed by atoms with van der Waals surface area (Å²) in [4.78, 5) is 0.264. The highest BCUT2D eigenvalue weighted by atomic mass is 32.2. The van der Waals surface area contributed by atoms with E-state index in [9.17, 15) is 8.42 Å². The van der Waals surface area contributed by atoms with E-state index in [0.717, 1.165) is 18.6 Å². The van der Waals surface area contributed by atoms with Crippen LogP contribution < -0.4 is 4.74 Å². The maximum Gasteiger partial charge on any atom is 0.175 e. The molecule has 2 rings (SSSR count). The van der Waals surface area contributed by atoms with Crippen LogP contribution in [0.5, 0.6) is 11.5 Å². The van der Waals surface area contributed by atoms with Crippen LogP contribution in [0, 0.1) is 0 Å². The van der Waals surface area contributed by atoms with Crippen molar-refractivity contribution in [3.8, 4) is 11.5 Å². The third kappa shape index (κ3) is 3.84. The summed E-state index contributed by atoms with van der Waals surface area (Å²) in [7, 11) is -3.21. The third-order valence-corrected chi connectivity index (χ3v) is 4.02. The monoisotopic (exact) mass is 290 g/mol. The molecule has 0 radical (unpaired) electrons. The van der Waals surface area contributed by atoms with Crippen molar-refractivity contribution >= 4 is 9.84 Å². The molecule has 0 heterocycles. The van der Waals surface area contributed by atoms with Gasteiger partial charge in [-0.1, -0.05) is 31.5 Å². The van der Waals surface area contributed by atoms with E-state index < -0.39 is 9.84 Å². The van der Waals surface area contributed by atoms with Gasteiger partial charge < -0.3 is 4.74 Å². The van der Waals surface area contributed by atoms with Gasteiger partial charge in [0.05, 0.1) is 4.90 Å². The van der Waals surface area contributed by atoms with Gasteiger partial charge in [0, 0.05) is 6.26 Å². The third-order valence-electron chi connectivity index (χ3n) is 2.91. The van der Waals surface area contributed by atoms with E-state index in [1.165, 1.54) is 11.8 Å². The average Bonchev–Trinajstić information content (AvgIpc) is 2.39. The molecule has 0 aliphatic carbocycles. The Bertz CT molecular complexity index is 690. The van der Waals surface area contributed by atoms with E-state index in [0.29, 0.717) is 5.75 Å². The first kappa shape index (κ1) is 14.6. The van der Waals surface area contributed by atoms with E-state index >= 15 is 0 Å². The number of benzene rings is 2. The van der Waals surface area contributed by atoms with Crippen molar-refractivity contribution < 1.29 is 13.2 Å². The standard InChI is InChI=1S/C16H18O3S/c1-3-6-13-7-4-8-14(11-13)19-15-9-5-10-16(12-15)20(2,17)18/h4-5,7-12H,3,6H2,1-2H3.